The molecular weight excluding hydrogens is 350 g/mol. The van der Waals surface area contributed by atoms with E-state index in [1.165, 1.54) is 36.4 Å². The summed E-state index contributed by atoms with van der Waals surface area (Å²) in [7, 11) is 0. The Hall–Kier alpha value is -4.07. The molecule has 0 heterocycles. The molecule has 0 aliphatic carbocycles. The van der Waals surface area contributed by atoms with E-state index in [0.717, 1.165) is 11.1 Å². The highest BCUT2D eigenvalue weighted by atomic mass is 16.6. The van der Waals surface area contributed by atoms with E-state index in [1.54, 1.807) is 36.4 Å². The molecular formula is C19H13N3O5. The second-order valence-corrected chi connectivity index (χ2v) is 5.64. The molecule has 1 N–H and O–H groups in total. The summed E-state index contributed by atoms with van der Waals surface area (Å²) in [4.78, 5) is 32.6. The standard InChI is InChI=1S/C19H13N3O5/c23-19(15-5-11-18(12-6-15)22(26)27)20-16-7-1-13(2-8-16)14-3-9-17(10-4-14)21(24)25/h1-12H,(H,20,23). The average molecular weight is 363 g/mol. The third-order valence-electron chi connectivity index (χ3n) is 3.89. The molecule has 134 valence electrons. The van der Waals surface area contributed by atoms with Gasteiger partial charge in [0.05, 0.1) is 9.85 Å². The molecule has 0 aromatic heterocycles. The number of carbonyl (C=O) groups is 1. The Kier molecular flexibility index (Phi) is 4.89. The van der Waals surface area contributed by atoms with Crippen molar-refractivity contribution in [2.45, 2.75) is 0 Å². The summed E-state index contributed by atoms with van der Waals surface area (Å²) < 4.78 is 0. The van der Waals surface area contributed by atoms with Gasteiger partial charge in [-0.15, -0.1) is 0 Å². The van der Waals surface area contributed by atoms with Crippen LogP contribution in [-0.4, -0.2) is 15.8 Å². The van der Waals surface area contributed by atoms with Gasteiger partial charge in [-0.1, -0.05) is 12.1 Å². The molecule has 27 heavy (non-hydrogen) atoms. The van der Waals surface area contributed by atoms with Crippen LogP contribution in [0.4, 0.5) is 17.1 Å². The molecule has 0 aliphatic heterocycles. The molecule has 8 nitrogen and oxygen atoms in total. The Morgan fingerprint density at radius 1 is 0.667 bits per heavy atom. The van der Waals surface area contributed by atoms with Gasteiger partial charge in [-0.05, 0) is 47.5 Å². The van der Waals surface area contributed by atoms with Crippen LogP contribution in [-0.2, 0) is 0 Å². The van der Waals surface area contributed by atoms with Gasteiger partial charge in [0.1, 0.15) is 0 Å². The van der Waals surface area contributed by atoms with Crippen LogP contribution in [0.25, 0.3) is 11.1 Å². The SMILES string of the molecule is O=C(Nc1ccc(-c2ccc([N+](=O)[O-])cc2)cc1)c1ccc([N+](=O)[O-])cc1. The Labute approximate surface area is 153 Å². The number of nitro groups is 2. The molecule has 0 spiro atoms. The van der Waals surface area contributed by atoms with Crippen LogP contribution in [0.2, 0.25) is 0 Å². The molecule has 0 saturated carbocycles. The van der Waals surface area contributed by atoms with Gasteiger partial charge in [-0.2, -0.15) is 0 Å². The lowest BCUT2D eigenvalue weighted by Crippen LogP contribution is -2.11. The van der Waals surface area contributed by atoms with E-state index in [2.05, 4.69) is 5.32 Å². The summed E-state index contributed by atoms with van der Waals surface area (Å²) >= 11 is 0. The number of anilines is 1. The molecule has 1 amide bonds. The molecule has 0 atom stereocenters. The van der Waals surface area contributed by atoms with Crippen molar-refractivity contribution < 1.29 is 14.6 Å². The highest BCUT2D eigenvalue weighted by Gasteiger charge is 2.10. The predicted molar refractivity (Wildman–Crippen MR) is 99.6 cm³/mol. The van der Waals surface area contributed by atoms with Crippen molar-refractivity contribution in [1.29, 1.82) is 0 Å². The number of hydrogen-bond acceptors (Lipinski definition) is 5. The van der Waals surface area contributed by atoms with Gasteiger partial charge < -0.3 is 5.32 Å². The summed E-state index contributed by atoms with van der Waals surface area (Å²) in [6.07, 6.45) is 0. The van der Waals surface area contributed by atoms with E-state index in [4.69, 9.17) is 0 Å². The zero-order valence-corrected chi connectivity index (χ0v) is 13.9. The van der Waals surface area contributed by atoms with Gasteiger partial charge in [0.25, 0.3) is 17.3 Å². The fourth-order valence-corrected chi connectivity index (χ4v) is 2.46. The minimum Gasteiger partial charge on any atom is -0.322 e. The number of hydrogen-bond donors (Lipinski definition) is 1. The van der Waals surface area contributed by atoms with Crippen LogP contribution in [0.5, 0.6) is 0 Å². The van der Waals surface area contributed by atoms with Gasteiger partial charge in [0.2, 0.25) is 0 Å². The van der Waals surface area contributed by atoms with Crippen molar-refractivity contribution in [2.75, 3.05) is 5.32 Å². The zero-order chi connectivity index (χ0) is 19.4. The molecule has 0 unspecified atom stereocenters. The highest BCUT2D eigenvalue weighted by Crippen LogP contribution is 2.24. The van der Waals surface area contributed by atoms with Gasteiger partial charge in [0.15, 0.2) is 0 Å². The van der Waals surface area contributed by atoms with Gasteiger partial charge in [0, 0.05) is 35.5 Å². The zero-order valence-electron chi connectivity index (χ0n) is 13.9. The summed E-state index contributed by atoms with van der Waals surface area (Å²) in [5, 5.41) is 24.1. The van der Waals surface area contributed by atoms with E-state index in [-0.39, 0.29) is 17.3 Å². The Morgan fingerprint density at radius 3 is 1.52 bits per heavy atom. The minimum atomic E-state index is -0.529. The van der Waals surface area contributed by atoms with Crippen LogP contribution in [0.15, 0.2) is 72.8 Å². The number of amides is 1. The maximum Gasteiger partial charge on any atom is 0.269 e. The summed E-state index contributed by atoms with van der Waals surface area (Å²) in [5.74, 6) is -0.381. The summed E-state index contributed by atoms with van der Waals surface area (Å²) in [6, 6.07) is 18.5. The van der Waals surface area contributed by atoms with Crippen molar-refractivity contribution in [3.05, 3.63) is 98.6 Å². The van der Waals surface area contributed by atoms with E-state index >= 15 is 0 Å². The topological polar surface area (TPSA) is 115 Å². The fraction of sp³-hybridized carbons (Fsp3) is 0. The van der Waals surface area contributed by atoms with E-state index in [0.29, 0.717) is 11.3 Å². The Bertz CT molecular complexity index is 997. The van der Waals surface area contributed by atoms with Crippen molar-refractivity contribution in [3.63, 3.8) is 0 Å². The first-order valence-corrected chi connectivity index (χ1v) is 7.85. The number of non-ortho nitro benzene ring substituents is 2. The third-order valence-corrected chi connectivity index (χ3v) is 3.89. The van der Waals surface area contributed by atoms with E-state index in [9.17, 15) is 25.0 Å². The first kappa shape index (κ1) is 17.7. The first-order valence-electron chi connectivity index (χ1n) is 7.85. The molecule has 0 aliphatic rings. The minimum absolute atomic E-state index is 0.0192. The number of nitrogens with zero attached hydrogens (tertiary/aromatic N) is 2. The lowest BCUT2D eigenvalue weighted by Gasteiger charge is -2.07. The molecule has 0 saturated heterocycles. The quantitative estimate of drug-likeness (QED) is 0.532. The van der Waals surface area contributed by atoms with Gasteiger partial charge >= 0.3 is 0 Å². The van der Waals surface area contributed by atoms with Crippen LogP contribution in [0, 0.1) is 20.2 Å². The maximum absolute atomic E-state index is 12.2. The number of rotatable bonds is 5. The van der Waals surface area contributed by atoms with Crippen LogP contribution < -0.4 is 5.32 Å². The third kappa shape index (κ3) is 4.13. The predicted octanol–water partition coefficient (Wildman–Crippen LogP) is 4.42. The normalized spacial score (nSPS) is 10.2. The number of benzene rings is 3. The number of carbonyl (C=O) groups excluding carboxylic acids is 1. The molecule has 8 heteroatoms. The highest BCUT2D eigenvalue weighted by molar-refractivity contribution is 6.04. The van der Waals surface area contributed by atoms with Crippen LogP contribution in [0.3, 0.4) is 0 Å². The Balaban J connectivity index is 1.70. The molecule has 0 bridgehead atoms. The van der Waals surface area contributed by atoms with Gasteiger partial charge in [-0.3, -0.25) is 25.0 Å². The van der Waals surface area contributed by atoms with Crippen LogP contribution in [0.1, 0.15) is 10.4 Å². The smallest absolute Gasteiger partial charge is 0.269 e. The largest absolute Gasteiger partial charge is 0.322 e. The number of nitro benzene ring substituents is 2. The molecule has 3 rings (SSSR count). The summed E-state index contributed by atoms with van der Waals surface area (Å²) in [6.45, 7) is 0. The second kappa shape index (κ2) is 7.44. The summed E-state index contributed by atoms with van der Waals surface area (Å²) in [5.41, 5.74) is 2.46. The van der Waals surface area contributed by atoms with Crippen molar-refractivity contribution in [1.82, 2.24) is 0 Å². The van der Waals surface area contributed by atoms with Crippen LogP contribution >= 0.6 is 0 Å². The molecule has 0 radical (unpaired) electrons. The van der Waals surface area contributed by atoms with Crippen molar-refractivity contribution in [3.8, 4) is 11.1 Å². The van der Waals surface area contributed by atoms with Gasteiger partial charge in [-0.25, -0.2) is 0 Å². The van der Waals surface area contributed by atoms with E-state index < -0.39 is 9.85 Å². The fourth-order valence-electron chi connectivity index (χ4n) is 2.46. The lowest BCUT2D eigenvalue weighted by molar-refractivity contribution is -0.385. The second-order valence-electron chi connectivity index (χ2n) is 5.64. The Morgan fingerprint density at radius 2 is 1.07 bits per heavy atom. The van der Waals surface area contributed by atoms with Crippen molar-refractivity contribution >= 4 is 23.0 Å². The lowest BCUT2D eigenvalue weighted by atomic mass is 10.0. The molecule has 3 aromatic carbocycles. The first-order chi connectivity index (χ1) is 12.9. The number of nitrogens with one attached hydrogen (secondary N) is 1. The monoisotopic (exact) mass is 363 g/mol. The average Bonchev–Trinajstić information content (AvgIpc) is 2.68. The molecule has 0 fully saturated rings. The maximum atomic E-state index is 12.2. The molecule has 3 aromatic rings. The van der Waals surface area contributed by atoms with Crippen molar-refractivity contribution in [2.24, 2.45) is 0 Å². The van der Waals surface area contributed by atoms with E-state index in [1.807, 2.05) is 0 Å².